The van der Waals surface area contributed by atoms with Crippen molar-refractivity contribution >= 4 is 28.8 Å². The van der Waals surface area contributed by atoms with E-state index >= 15 is 0 Å². The molecule has 10 heteroatoms. The summed E-state index contributed by atoms with van der Waals surface area (Å²) in [5.74, 6) is -0.565. The van der Waals surface area contributed by atoms with Crippen molar-refractivity contribution in [3.8, 4) is 11.1 Å². The molecule has 1 atom stereocenters. The number of rotatable bonds is 8. The second kappa shape index (κ2) is 12.1. The number of likely N-dealkylation sites (tertiary alicyclic amines) is 1. The molecule has 0 radical (unpaired) electrons. The molecule has 0 spiro atoms. The first kappa shape index (κ1) is 27.8. The highest BCUT2D eigenvalue weighted by Crippen LogP contribution is 2.35. The first-order chi connectivity index (χ1) is 18.2. The van der Waals surface area contributed by atoms with Gasteiger partial charge in [0.05, 0.1) is 10.6 Å². The van der Waals surface area contributed by atoms with E-state index in [4.69, 9.17) is 0 Å². The quantitative estimate of drug-likeness (QED) is 0.346. The summed E-state index contributed by atoms with van der Waals surface area (Å²) in [7, 11) is 0. The summed E-state index contributed by atoms with van der Waals surface area (Å²) in [6.07, 6.45) is -1.85. The van der Waals surface area contributed by atoms with Gasteiger partial charge in [0.2, 0.25) is 0 Å². The number of hydrogen-bond acceptors (Lipinski definition) is 5. The summed E-state index contributed by atoms with van der Waals surface area (Å²) in [6, 6.07) is 11.7. The number of nitrogens with zero attached hydrogens (tertiary/aromatic N) is 2. The van der Waals surface area contributed by atoms with Crippen LogP contribution in [0.25, 0.3) is 11.1 Å². The molecule has 1 saturated heterocycles. The van der Waals surface area contributed by atoms with Crippen molar-refractivity contribution in [2.24, 2.45) is 0 Å². The molecule has 6 nitrogen and oxygen atoms in total. The second-order valence-corrected chi connectivity index (χ2v) is 10.3. The smallest absolute Gasteiger partial charge is 0.383 e. The van der Waals surface area contributed by atoms with Crippen molar-refractivity contribution in [1.82, 2.24) is 9.88 Å². The number of benzene rings is 2. The maximum absolute atomic E-state index is 13.2. The Hall–Kier alpha value is -3.24. The molecule has 3 aromatic rings. The van der Waals surface area contributed by atoms with Crippen molar-refractivity contribution < 1.29 is 27.9 Å². The minimum atomic E-state index is -4.47. The lowest BCUT2D eigenvalue weighted by Crippen LogP contribution is -2.43. The van der Waals surface area contributed by atoms with E-state index in [1.54, 1.807) is 40.6 Å². The normalized spacial score (nSPS) is 15.3. The fourth-order valence-corrected chi connectivity index (χ4v) is 5.52. The number of halogens is 3. The number of para-hydroxylation sites is 1. The summed E-state index contributed by atoms with van der Waals surface area (Å²) in [5.41, 5.74) is 0.678. The van der Waals surface area contributed by atoms with Crippen LogP contribution in [0, 0.1) is 0 Å². The number of aliphatic hydroxyl groups excluding tert-OH is 1. The van der Waals surface area contributed by atoms with Gasteiger partial charge in [0.25, 0.3) is 11.8 Å². The number of carbonyl (C=O) groups excluding carboxylic acids is 2. The highest BCUT2D eigenvalue weighted by atomic mass is 32.1. The van der Waals surface area contributed by atoms with Gasteiger partial charge in [-0.25, -0.2) is 4.98 Å². The van der Waals surface area contributed by atoms with E-state index in [0.29, 0.717) is 49.2 Å². The van der Waals surface area contributed by atoms with Crippen molar-refractivity contribution in [3.05, 3.63) is 70.2 Å². The maximum atomic E-state index is 13.2. The molecule has 38 heavy (non-hydrogen) atoms. The van der Waals surface area contributed by atoms with Gasteiger partial charge in [-0.05, 0) is 43.0 Å². The number of thiazole rings is 1. The van der Waals surface area contributed by atoms with E-state index < -0.39 is 23.8 Å². The molecule has 1 aliphatic rings. The number of aromatic nitrogens is 1. The molecule has 1 unspecified atom stereocenters. The number of nitrogens with one attached hydrogen (secondary N) is 1. The third kappa shape index (κ3) is 6.60. The average Bonchev–Trinajstić information content (AvgIpc) is 3.42. The fraction of sp³-hybridized carbons (Fsp3) is 0.393. The van der Waals surface area contributed by atoms with Gasteiger partial charge in [0.1, 0.15) is 11.8 Å². The molecule has 0 bridgehead atoms. The lowest BCUT2D eigenvalue weighted by Gasteiger charge is -2.32. The Kier molecular flexibility index (Phi) is 8.83. The third-order valence-corrected chi connectivity index (χ3v) is 7.71. The zero-order chi connectivity index (χ0) is 27.3. The number of unbranched alkanes of at least 4 members (excludes halogenated alkanes) is 1. The van der Waals surface area contributed by atoms with E-state index in [-0.39, 0.29) is 17.5 Å². The number of piperidine rings is 1. The van der Waals surface area contributed by atoms with Crippen molar-refractivity contribution in [2.75, 3.05) is 18.4 Å². The fourth-order valence-electron chi connectivity index (χ4n) is 4.55. The van der Waals surface area contributed by atoms with Gasteiger partial charge >= 0.3 is 6.18 Å². The monoisotopic (exact) mass is 545 g/mol. The molecular weight excluding hydrogens is 515 g/mol. The van der Waals surface area contributed by atoms with Gasteiger partial charge in [0, 0.05) is 35.6 Å². The predicted octanol–water partition coefficient (Wildman–Crippen LogP) is 6.34. The summed E-state index contributed by atoms with van der Waals surface area (Å²) < 4.78 is 39.6. The van der Waals surface area contributed by atoms with Crippen LogP contribution in [0.5, 0.6) is 0 Å². The van der Waals surface area contributed by atoms with Crippen molar-refractivity contribution in [2.45, 2.75) is 57.2 Å². The maximum Gasteiger partial charge on any atom is 0.416 e. The Morgan fingerprint density at radius 3 is 2.61 bits per heavy atom. The topological polar surface area (TPSA) is 82.5 Å². The van der Waals surface area contributed by atoms with Crippen molar-refractivity contribution in [1.29, 1.82) is 0 Å². The zero-order valence-corrected chi connectivity index (χ0v) is 21.8. The largest absolute Gasteiger partial charge is 0.416 e. The average molecular weight is 546 g/mol. The lowest BCUT2D eigenvalue weighted by molar-refractivity contribution is -0.141. The van der Waals surface area contributed by atoms with Crippen LogP contribution in [0.2, 0.25) is 0 Å². The van der Waals surface area contributed by atoms with Crippen LogP contribution in [0.15, 0.2) is 53.9 Å². The highest BCUT2D eigenvalue weighted by Gasteiger charge is 2.31. The summed E-state index contributed by atoms with van der Waals surface area (Å²) in [6.45, 7) is 3.07. The molecule has 1 aromatic heterocycles. The van der Waals surface area contributed by atoms with Crippen LogP contribution < -0.4 is 5.32 Å². The first-order valence-electron chi connectivity index (χ1n) is 12.7. The van der Waals surface area contributed by atoms with Gasteiger partial charge in [-0.1, -0.05) is 50.1 Å². The second-order valence-electron chi connectivity index (χ2n) is 9.41. The van der Waals surface area contributed by atoms with Crippen LogP contribution in [-0.2, 0) is 11.0 Å². The van der Waals surface area contributed by atoms with Gasteiger partial charge in [0.15, 0.2) is 0 Å². The van der Waals surface area contributed by atoms with Crippen LogP contribution in [0.4, 0.5) is 18.9 Å². The Morgan fingerprint density at radius 2 is 1.89 bits per heavy atom. The molecule has 0 aliphatic carbocycles. The molecule has 4 rings (SSSR count). The number of carbonyl (C=O) groups is 2. The Morgan fingerprint density at radius 1 is 1.16 bits per heavy atom. The Labute approximate surface area is 223 Å². The zero-order valence-electron chi connectivity index (χ0n) is 21.0. The van der Waals surface area contributed by atoms with Gasteiger partial charge in [-0.3, -0.25) is 9.59 Å². The highest BCUT2D eigenvalue weighted by molar-refractivity contribution is 7.10. The van der Waals surface area contributed by atoms with Crippen LogP contribution in [0.3, 0.4) is 0 Å². The molecule has 2 amide bonds. The van der Waals surface area contributed by atoms with E-state index in [2.05, 4.69) is 10.3 Å². The number of aliphatic hydroxyl groups is 1. The molecule has 1 fully saturated rings. The van der Waals surface area contributed by atoms with Crippen LogP contribution >= 0.6 is 11.3 Å². The van der Waals surface area contributed by atoms with E-state index in [0.717, 1.165) is 30.0 Å². The summed E-state index contributed by atoms with van der Waals surface area (Å²) >= 11 is 1.38. The van der Waals surface area contributed by atoms with E-state index in [9.17, 15) is 27.9 Å². The molecule has 1 aliphatic heterocycles. The molecule has 2 heterocycles. The van der Waals surface area contributed by atoms with Crippen LogP contribution in [-0.4, -0.2) is 46.0 Å². The van der Waals surface area contributed by atoms with Gasteiger partial charge in [-0.2, -0.15) is 13.2 Å². The van der Waals surface area contributed by atoms with Crippen LogP contribution in [0.1, 0.15) is 66.0 Å². The Bertz CT molecular complexity index is 1270. The number of hydrogen-bond donors (Lipinski definition) is 2. The first-order valence-corrected chi connectivity index (χ1v) is 13.6. The summed E-state index contributed by atoms with van der Waals surface area (Å²) in [4.78, 5) is 31.7. The molecule has 0 saturated carbocycles. The van der Waals surface area contributed by atoms with E-state index in [1.807, 2.05) is 6.92 Å². The Balaban J connectivity index is 1.41. The number of alkyl halides is 3. The van der Waals surface area contributed by atoms with Gasteiger partial charge in [-0.15, -0.1) is 11.3 Å². The lowest BCUT2D eigenvalue weighted by atomic mass is 9.97. The summed E-state index contributed by atoms with van der Waals surface area (Å²) in [5, 5.41) is 15.4. The third-order valence-electron chi connectivity index (χ3n) is 6.70. The van der Waals surface area contributed by atoms with E-state index in [1.165, 1.54) is 17.4 Å². The standard InChI is InChI=1S/C28H30F3N3O3S/c1-2-3-11-24(35)27(37)34-14-12-18(13-15-34)26-33-23(17-38-26)25(36)32-22-10-5-4-9-21(22)19-7-6-8-20(16-19)28(29,30)31/h4-10,16-18,24,35H,2-3,11-15H2,1H3,(H,32,36). The predicted molar refractivity (Wildman–Crippen MR) is 141 cm³/mol. The minimum Gasteiger partial charge on any atom is -0.383 e. The molecule has 2 aromatic carbocycles. The molecular formula is C28H30F3N3O3S. The van der Waals surface area contributed by atoms with Gasteiger partial charge < -0.3 is 15.3 Å². The molecule has 2 N–H and O–H groups in total. The number of anilines is 1. The minimum absolute atomic E-state index is 0.107. The molecule has 202 valence electrons. The number of amides is 2. The van der Waals surface area contributed by atoms with Crippen molar-refractivity contribution in [3.63, 3.8) is 0 Å². The SMILES string of the molecule is CCCCC(O)C(=O)N1CCC(c2nc(C(=O)Nc3ccccc3-c3cccc(C(F)(F)F)c3)cs2)CC1.